The Kier molecular flexibility index (Phi) is 2.70. The largest absolute Gasteiger partial charge is 0.493 e. The summed E-state index contributed by atoms with van der Waals surface area (Å²) in [5.74, 6) is -0.537. The van der Waals surface area contributed by atoms with Gasteiger partial charge in [-0.05, 0) is 0 Å². The minimum atomic E-state index is -0.537. The van der Waals surface area contributed by atoms with Crippen LogP contribution in [-0.4, -0.2) is 22.8 Å². The van der Waals surface area contributed by atoms with E-state index in [9.17, 15) is 0 Å². The number of carboxylic acids is 1. The zero-order valence-electron chi connectivity index (χ0n) is 2.92. The third-order valence-electron chi connectivity index (χ3n) is 0.231. The molecule has 0 spiro atoms. The minimum absolute atomic E-state index is 0.524. The van der Waals surface area contributed by atoms with Crippen molar-refractivity contribution in [3.05, 3.63) is 0 Å². The van der Waals surface area contributed by atoms with E-state index < -0.39 is 12.6 Å². The third-order valence-corrected chi connectivity index (χ3v) is 0.424. The highest BCUT2D eigenvalue weighted by atomic mass is 32.1. The van der Waals surface area contributed by atoms with Crippen LogP contribution in [0.2, 0.25) is 0 Å². The summed E-state index contributed by atoms with van der Waals surface area (Å²) in [6.07, 6.45) is 0. The van der Waals surface area contributed by atoms with Crippen molar-refractivity contribution in [1.82, 2.24) is 0 Å². The second-order valence-corrected chi connectivity index (χ2v) is 0.802. The number of aliphatic hydroxyl groups is 1. The quantitative estimate of drug-likeness (QED) is 0.337. The molecule has 0 aromatic rings. The monoisotopic (exact) mass is 108 g/mol. The molecule has 0 atom stereocenters. The van der Waals surface area contributed by atoms with Crippen LogP contribution in [0.25, 0.3) is 0 Å². The first-order valence-electron chi connectivity index (χ1n) is 1.26. The number of aliphatic carboxylic acids is 1. The molecule has 0 aliphatic heterocycles. The topological polar surface area (TPSA) is 51.8 Å². The van der Waals surface area contributed by atoms with Gasteiger partial charge in [0.2, 0.25) is 0 Å². The molecule has 0 radical (unpaired) electrons. The molecule has 0 saturated heterocycles. The van der Waals surface area contributed by atoms with Gasteiger partial charge in [0, 0.05) is 0 Å². The first-order chi connectivity index (χ1) is 2.81. The molecule has 0 aliphatic rings. The summed E-state index contributed by atoms with van der Waals surface area (Å²) in [5.41, 5.74) is 0. The van der Waals surface area contributed by atoms with E-state index in [1.807, 2.05) is 0 Å². The summed E-state index contributed by atoms with van der Waals surface area (Å²) in [6.45, 7) is -0.524. The third kappa shape index (κ3) is 1.92. The van der Waals surface area contributed by atoms with E-state index in [1.54, 1.807) is 0 Å². The Bertz CT molecular complexity index is 59.8. The molecule has 0 heterocycles. The van der Waals surface area contributed by atoms with E-state index in [4.69, 9.17) is 10.2 Å². The maximum Gasteiger partial charge on any atom is 0.493 e. The van der Waals surface area contributed by atoms with Gasteiger partial charge in [0.05, 0.1) is 0 Å². The Balaban J connectivity index is 3.22. The van der Waals surface area contributed by atoms with Gasteiger partial charge in [-0.2, -0.15) is 0 Å². The van der Waals surface area contributed by atoms with Crippen LogP contribution >= 0.6 is 0 Å². The lowest BCUT2D eigenvalue weighted by molar-refractivity contribution is -0.260. The lowest BCUT2D eigenvalue weighted by Gasteiger charge is -1.78. The summed E-state index contributed by atoms with van der Waals surface area (Å²) in [5, 5.41) is 15.9. The Morgan fingerprint density at radius 1 is 1.83 bits per heavy atom. The minimum Gasteiger partial charge on any atom is -0.432 e. The van der Waals surface area contributed by atoms with Crippen molar-refractivity contribution in [2.24, 2.45) is 0 Å². The smallest absolute Gasteiger partial charge is 0.432 e. The normalized spacial score (nSPS) is 11.8. The van der Waals surface area contributed by atoms with Crippen LogP contribution in [0.15, 0.2) is 0 Å². The zero-order valence-corrected chi connectivity index (χ0v) is 3.73. The molecule has 0 unspecified atom stereocenters. The Morgan fingerprint density at radius 2 is 2.33 bits per heavy atom. The molecule has 0 fully saturated rings. The van der Waals surface area contributed by atoms with E-state index >= 15 is 0 Å². The Morgan fingerprint density at radius 3 is 2.33 bits per heavy atom. The van der Waals surface area contributed by atoms with Crippen LogP contribution in [0.5, 0.6) is 0 Å². The molecule has 0 bridgehead atoms. The van der Waals surface area contributed by atoms with Crippen LogP contribution in [0.1, 0.15) is 0 Å². The summed E-state index contributed by atoms with van der Waals surface area (Å²) in [6, 6.07) is 0. The lowest BCUT2D eigenvalue weighted by atomic mass is 10.8. The lowest BCUT2D eigenvalue weighted by Crippen LogP contribution is -2.02. The first-order valence-corrected chi connectivity index (χ1v) is 1.60. The molecule has 3 nitrogen and oxygen atoms in total. The Labute approximate surface area is 40.5 Å². The molecule has 6 heavy (non-hydrogen) atoms. The van der Waals surface area contributed by atoms with Crippen molar-refractivity contribution in [3.63, 3.8) is 0 Å². The van der Waals surface area contributed by atoms with Gasteiger partial charge in [-0.1, -0.05) is 0 Å². The fourth-order valence-electron chi connectivity index (χ4n) is 0.0264. The molecule has 0 rings (SSSR count). The second kappa shape index (κ2) is 2.87. The molecule has 0 aromatic carbocycles. The van der Waals surface area contributed by atoms with E-state index in [0.29, 0.717) is 0 Å². The van der Waals surface area contributed by atoms with Crippen molar-refractivity contribution in [2.45, 2.75) is 0 Å². The van der Waals surface area contributed by atoms with Crippen molar-refractivity contribution in [2.75, 3.05) is 6.61 Å². The van der Waals surface area contributed by atoms with E-state index in [0.717, 1.165) is 0 Å². The molecular weight excluding hydrogens is 104 g/mol. The number of hydrogen-bond donors (Lipinski definition) is 2. The number of hydrogen-bond acceptors (Lipinski definition) is 2. The van der Waals surface area contributed by atoms with Crippen LogP contribution in [-0.2, 0) is 16.8 Å². The summed E-state index contributed by atoms with van der Waals surface area (Å²) in [4.78, 5) is 0. The first kappa shape index (κ1) is 5.65. The van der Waals surface area contributed by atoms with Crippen LogP contribution in [0, 0.1) is 0 Å². The van der Waals surface area contributed by atoms with E-state index in [1.165, 1.54) is 0 Å². The summed E-state index contributed by atoms with van der Waals surface area (Å²) >= 11 is 3.83. The van der Waals surface area contributed by atoms with Crippen LogP contribution in [0.3, 0.4) is 0 Å². The Hall–Kier alpha value is -0.350. The van der Waals surface area contributed by atoms with Crippen molar-refractivity contribution in [1.29, 1.82) is 0 Å². The second-order valence-electron chi connectivity index (χ2n) is 0.635. The van der Waals surface area contributed by atoms with Gasteiger partial charge in [0.1, 0.15) is 0 Å². The molecule has 0 amide bonds. The molecule has 2 N–H and O–H groups in total. The van der Waals surface area contributed by atoms with Crippen molar-refractivity contribution in [3.8, 4) is 0 Å². The fourth-order valence-corrected chi connectivity index (χ4v) is 0.0791. The van der Waals surface area contributed by atoms with Gasteiger partial charge < -0.3 is 27.0 Å². The number of rotatable bonds is 1. The summed E-state index contributed by atoms with van der Waals surface area (Å²) < 4.78 is 3.70. The average molecular weight is 108 g/mol. The molecule has 0 saturated carbocycles. The predicted octanol–water partition coefficient (Wildman–Crippen LogP) is -0.939. The maximum absolute atomic E-state index is 8.01. The highest BCUT2D eigenvalue weighted by molar-refractivity contribution is 7.50. The average Bonchev–Trinajstić information content (AvgIpc) is 1.65. The van der Waals surface area contributed by atoms with Gasteiger partial charge in [0.25, 0.3) is 0 Å². The molecule has 0 aromatic heterocycles. The number of carboxylic acid groups (broad SMARTS) is 1. The van der Waals surface area contributed by atoms with Crippen LogP contribution in [0.4, 0.5) is 0 Å². The summed E-state index contributed by atoms with van der Waals surface area (Å²) in [7, 11) is 0. The molecule has 36 valence electrons. The van der Waals surface area contributed by atoms with Gasteiger partial charge >= 0.3 is 5.97 Å². The molecule has 4 heteroatoms. The van der Waals surface area contributed by atoms with Crippen molar-refractivity contribution >= 4 is 18.9 Å². The highest BCUT2D eigenvalue weighted by Crippen LogP contribution is 1.56. The maximum atomic E-state index is 8.01. The van der Waals surface area contributed by atoms with Crippen LogP contribution < -0.4 is 0 Å². The fraction of sp³-hybridized carbons (Fsp3) is 0.500. The highest BCUT2D eigenvalue weighted by Gasteiger charge is 1.95. The molecule has 0 aliphatic carbocycles. The molecular formula is C2H4O3S. The van der Waals surface area contributed by atoms with E-state index in [-0.39, 0.29) is 0 Å². The zero-order chi connectivity index (χ0) is 4.99. The van der Waals surface area contributed by atoms with Gasteiger partial charge in [-0.15, -0.1) is 0 Å². The van der Waals surface area contributed by atoms with E-state index in [2.05, 4.69) is 16.8 Å². The predicted molar refractivity (Wildman–Crippen MR) is 22.1 cm³/mol. The standard InChI is InChI=1S/C2H4O3S/c3-1-2(4)5-6/h3-4H,1H2. The number of aliphatic hydroxyl groups excluding tert-OH is 2. The van der Waals surface area contributed by atoms with Gasteiger partial charge in [-0.25, -0.2) is 0 Å². The SMILES string of the molecule is OCC(O)=[O+][S-]. The van der Waals surface area contributed by atoms with Gasteiger partial charge in [-0.3, -0.25) is 0 Å². The van der Waals surface area contributed by atoms with Crippen molar-refractivity contribution < 1.29 is 14.1 Å². The van der Waals surface area contributed by atoms with Gasteiger partial charge in [0.15, 0.2) is 6.61 Å².